The van der Waals surface area contributed by atoms with Crippen molar-refractivity contribution in [3.05, 3.63) is 34.3 Å². The maximum atomic E-state index is 6.11. The Hall–Kier alpha value is -0.0100. The number of benzene rings is 1. The summed E-state index contributed by atoms with van der Waals surface area (Å²) in [5, 5.41) is 0. The van der Waals surface area contributed by atoms with Crippen LogP contribution in [0.4, 0.5) is 0 Å². The van der Waals surface area contributed by atoms with Gasteiger partial charge in [-0.1, -0.05) is 60.8 Å². The summed E-state index contributed by atoms with van der Waals surface area (Å²) < 4.78 is 1.20. The summed E-state index contributed by atoms with van der Waals surface area (Å²) >= 11 is 9.71. The molecule has 0 aromatic heterocycles. The van der Waals surface area contributed by atoms with Gasteiger partial charge in [0.2, 0.25) is 0 Å². The van der Waals surface area contributed by atoms with E-state index in [4.69, 9.17) is 11.6 Å². The first-order valence-corrected chi connectivity index (χ1v) is 7.35. The second kappa shape index (κ2) is 7.34. The van der Waals surface area contributed by atoms with Gasteiger partial charge in [0.15, 0.2) is 0 Å². The summed E-state index contributed by atoms with van der Waals surface area (Å²) in [6.07, 6.45) is 3.52. The second-order valence-electron chi connectivity index (χ2n) is 4.29. The average Bonchev–Trinajstić information content (AvgIpc) is 2.31. The predicted octanol–water partition coefficient (Wildman–Crippen LogP) is 5.28. The first kappa shape index (κ1) is 14.1. The summed E-state index contributed by atoms with van der Waals surface area (Å²) in [7, 11) is 0. The van der Waals surface area contributed by atoms with Crippen LogP contribution in [0.1, 0.15) is 32.3 Å². The Morgan fingerprint density at radius 2 is 1.75 bits per heavy atom. The standard InChI is InChI=1S/C14H20BrCl/c1-3-11(4-2)13(10-16)9-12-7-5-6-8-14(12)15/h5-8,11,13H,3-4,9-10H2,1-2H3. The molecule has 0 fully saturated rings. The van der Waals surface area contributed by atoms with E-state index >= 15 is 0 Å². The zero-order valence-corrected chi connectivity index (χ0v) is 12.4. The molecule has 0 aliphatic carbocycles. The fourth-order valence-electron chi connectivity index (χ4n) is 2.25. The van der Waals surface area contributed by atoms with Gasteiger partial charge in [-0.3, -0.25) is 0 Å². The Bertz CT molecular complexity index is 307. The summed E-state index contributed by atoms with van der Waals surface area (Å²) in [5.74, 6) is 2.09. The Labute approximate surface area is 113 Å². The van der Waals surface area contributed by atoms with E-state index in [0.29, 0.717) is 5.92 Å². The molecule has 0 bridgehead atoms. The lowest BCUT2D eigenvalue weighted by Gasteiger charge is -2.23. The third-order valence-corrected chi connectivity index (χ3v) is 4.52. The molecule has 0 spiro atoms. The molecule has 0 saturated heterocycles. The summed E-state index contributed by atoms with van der Waals surface area (Å²) in [6, 6.07) is 8.44. The van der Waals surface area contributed by atoms with E-state index in [-0.39, 0.29) is 0 Å². The molecular weight excluding hydrogens is 284 g/mol. The molecule has 90 valence electrons. The predicted molar refractivity (Wildman–Crippen MR) is 76.1 cm³/mol. The lowest BCUT2D eigenvalue weighted by Crippen LogP contribution is -2.18. The van der Waals surface area contributed by atoms with E-state index in [1.165, 1.54) is 22.9 Å². The highest BCUT2D eigenvalue weighted by molar-refractivity contribution is 9.10. The average molecular weight is 304 g/mol. The van der Waals surface area contributed by atoms with Crippen molar-refractivity contribution in [3.8, 4) is 0 Å². The Morgan fingerprint density at radius 3 is 2.25 bits per heavy atom. The van der Waals surface area contributed by atoms with Gasteiger partial charge in [0.1, 0.15) is 0 Å². The minimum atomic E-state index is 0.593. The molecule has 1 aromatic carbocycles. The second-order valence-corrected chi connectivity index (χ2v) is 5.45. The van der Waals surface area contributed by atoms with Crippen LogP contribution in [-0.4, -0.2) is 5.88 Å². The van der Waals surface area contributed by atoms with Crippen molar-refractivity contribution in [2.24, 2.45) is 11.8 Å². The van der Waals surface area contributed by atoms with Gasteiger partial charge >= 0.3 is 0 Å². The molecular formula is C14H20BrCl. The normalized spacial score (nSPS) is 13.1. The molecule has 0 aliphatic heterocycles. The quantitative estimate of drug-likeness (QED) is 0.627. The van der Waals surface area contributed by atoms with E-state index in [0.717, 1.165) is 18.2 Å². The highest BCUT2D eigenvalue weighted by Gasteiger charge is 2.18. The first-order valence-electron chi connectivity index (χ1n) is 6.02. The summed E-state index contributed by atoms with van der Waals surface area (Å²) in [4.78, 5) is 0. The van der Waals surface area contributed by atoms with Crippen molar-refractivity contribution in [2.45, 2.75) is 33.1 Å². The van der Waals surface area contributed by atoms with E-state index in [1.807, 2.05) is 0 Å². The maximum Gasteiger partial charge on any atom is 0.0257 e. The van der Waals surface area contributed by atoms with Gasteiger partial charge in [0.05, 0.1) is 0 Å². The van der Waals surface area contributed by atoms with Crippen molar-refractivity contribution in [1.82, 2.24) is 0 Å². The van der Waals surface area contributed by atoms with Crippen molar-refractivity contribution >= 4 is 27.5 Å². The largest absolute Gasteiger partial charge is 0.126 e. The number of halogens is 2. The minimum absolute atomic E-state index is 0.593. The summed E-state index contributed by atoms with van der Waals surface area (Å²) in [6.45, 7) is 4.52. The maximum absolute atomic E-state index is 6.11. The van der Waals surface area contributed by atoms with Gasteiger partial charge in [0, 0.05) is 10.4 Å². The molecule has 0 nitrogen and oxygen atoms in total. The number of alkyl halides is 1. The highest BCUT2D eigenvalue weighted by atomic mass is 79.9. The van der Waals surface area contributed by atoms with Gasteiger partial charge in [-0.15, -0.1) is 11.6 Å². The van der Waals surface area contributed by atoms with Crippen molar-refractivity contribution in [3.63, 3.8) is 0 Å². The highest BCUT2D eigenvalue weighted by Crippen LogP contribution is 2.27. The van der Waals surface area contributed by atoms with Gasteiger partial charge in [0.25, 0.3) is 0 Å². The van der Waals surface area contributed by atoms with Crippen LogP contribution < -0.4 is 0 Å². The number of hydrogen-bond acceptors (Lipinski definition) is 0. The third kappa shape index (κ3) is 3.78. The van der Waals surface area contributed by atoms with Crippen LogP contribution >= 0.6 is 27.5 Å². The smallest absolute Gasteiger partial charge is 0.0257 e. The topological polar surface area (TPSA) is 0 Å². The minimum Gasteiger partial charge on any atom is -0.126 e. The lowest BCUT2D eigenvalue weighted by molar-refractivity contribution is 0.338. The Balaban J connectivity index is 2.73. The monoisotopic (exact) mass is 302 g/mol. The van der Waals surface area contributed by atoms with Crippen LogP contribution in [-0.2, 0) is 6.42 Å². The van der Waals surface area contributed by atoms with Gasteiger partial charge < -0.3 is 0 Å². The third-order valence-electron chi connectivity index (χ3n) is 3.35. The van der Waals surface area contributed by atoms with Gasteiger partial charge in [-0.2, -0.15) is 0 Å². The van der Waals surface area contributed by atoms with Crippen molar-refractivity contribution in [1.29, 1.82) is 0 Å². The molecule has 16 heavy (non-hydrogen) atoms. The zero-order chi connectivity index (χ0) is 12.0. The fourth-order valence-corrected chi connectivity index (χ4v) is 3.06. The van der Waals surface area contributed by atoms with Gasteiger partial charge in [-0.25, -0.2) is 0 Å². The van der Waals surface area contributed by atoms with Gasteiger partial charge in [-0.05, 0) is 29.9 Å². The molecule has 0 aliphatic rings. The molecule has 1 unspecified atom stereocenters. The van der Waals surface area contributed by atoms with Crippen LogP contribution in [0, 0.1) is 11.8 Å². The van der Waals surface area contributed by atoms with Crippen LogP contribution in [0.25, 0.3) is 0 Å². The summed E-state index contributed by atoms with van der Waals surface area (Å²) in [5.41, 5.74) is 1.38. The number of rotatable bonds is 6. The molecule has 1 rings (SSSR count). The molecule has 0 heterocycles. The van der Waals surface area contributed by atoms with Crippen LogP contribution in [0.5, 0.6) is 0 Å². The van der Waals surface area contributed by atoms with Crippen molar-refractivity contribution < 1.29 is 0 Å². The fraction of sp³-hybridized carbons (Fsp3) is 0.571. The Morgan fingerprint density at radius 1 is 1.12 bits per heavy atom. The Kier molecular flexibility index (Phi) is 6.45. The van der Waals surface area contributed by atoms with E-state index in [1.54, 1.807) is 0 Å². The van der Waals surface area contributed by atoms with Crippen molar-refractivity contribution in [2.75, 3.05) is 5.88 Å². The zero-order valence-electron chi connectivity index (χ0n) is 10.0. The molecule has 0 radical (unpaired) electrons. The van der Waals surface area contributed by atoms with E-state index in [9.17, 15) is 0 Å². The molecule has 0 N–H and O–H groups in total. The lowest BCUT2D eigenvalue weighted by atomic mass is 9.85. The molecule has 0 saturated carbocycles. The van der Waals surface area contributed by atoms with Crippen LogP contribution in [0.3, 0.4) is 0 Å². The molecule has 1 atom stereocenters. The van der Waals surface area contributed by atoms with E-state index in [2.05, 4.69) is 54.0 Å². The first-order chi connectivity index (χ1) is 7.72. The molecule has 1 aromatic rings. The molecule has 0 amide bonds. The van der Waals surface area contributed by atoms with E-state index < -0.39 is 0 Å². The molecule has 2 heteroatoms. The number of hydrogen-bond donors (Lipinski definition) is 0. The van der Waals surface area contributed by atoms with Crippen LogP contribution in [0.2, 0.25) is 0 Å². The SMILES string of the molecule is CCC(CC)C(CCl)Cc1ccccc1Br. The van der Waals surface area contributed by atoms with Crippen LogP contribution in [0.15, 0.2) is 28.7 Å².